The fourth-order valence-electron chi connectivity index (χ4n) is 0.988. The van der Waals surface area contributed by atoms with Gasteiger partial charge in [-0.3, -0.25) is 0 Å². The normalized spacial score (nSPS) is 10.2. The van der Waals surface area contributed by atoms with E-state index in [1.54, 1.807) is 0 Å². The Morgan fingerprint density at radius 1 is 1.53 bits per heavy atom. The molecule has 15 heavy (non-hydrogen) atoms. The van der Waals surface area contributed by atoms with Crippen LogP contribution in [0.25, 0.3) is 5.82 Å². The molecule has 0 unspecified atom stereocenters. The van der Waals surface area contributed by atoms with Gasteiger partial charge in [0.25, 0.3) is 0 Å². The lowest BCUT2D eigenvalue weighted by molar-refractivity contribution is 0.0690. The average molecular weight is 208 g/mol. The SMILES string of the molecule is O=C(O)c1cnn(-c2ncccc2F)n1. The van der Waals surface area contributed by atoms with E-state index in [0.717, 1.165) is 11.0 Å². The topological polar surface area (TPSA) is 80.9 Å². The molecule has 0 aliphatic heterocycles. The molecular formula is C8H5FN4O2. The largest absolute Gasteiger partial charge is 0.476 e. The number of nitrogens with zero attached hydrogens (tertiary/aromatic N) is 4. The first-order valence-corrected chi connectivity index (χ1v) is 3.95. The van der Waals surface area contributed by atoms with Crippen molar-refractivity contribution in [1.82, 2.24) is 20.0 Å². The standard InChI is InChI=1S/C8H5FN4O2/c9-5-2-1-3-10-7(5)13-11-4-6(12-13)8(14)15/h1-4H,(H,14,15). The van der Waals surface area contributed by atoms with E-state index >= 15 is 0 Å². The second-order valence-electron chi connectivity index (χ2n) is 2.63. The zero-order chi connectivity index (χ0) is 10.8. The molecule has 0 aliphatic rings. The van der Waals surface area contributed by atoms with Gasteiger partial charge in [0.1, 0.15) is 0 Å². The highest BCUT2D eigenvalue weighted by atomic mass is 19.1. The third-order valence-electron chi connectivity index (χ3n) is 1.64. The molecule has 1 N–H and O–H groups in total. The first kappa shape index (κ1) is 9.25. The lowest BCUT2D eigenvalue weighted by Crippen LogP contribution is -2.06. The molecule has 0 aromatic carbocycles. The quantitative estimate of drug-likeness (QED) is 0.777. The molecule has 0 amide bonds. The van der Waals surface area contributed by atoms with Crippen LogP contribution in [0.3, 0.4) is 0 Å². The Hall–Kier alpha value is -2.31. The number of hydrogen-bond donors (Lipinski definition) is 1. The van der Waals surface area contributed by atoms with Gasteiger partial charge >= 0.3 is 5.97 Å². The van der Waals surface area contributed by atoms with Gasteiger partial charge in [0, 0.05) is 6.20 Å². The lowest BCUT2D eigenvalue weighted by atomic mass is 10.4. The van der Waals surface area contributed by atoms with Crippen molar-refractivity contribution in [3.05, 3.63) is 36.0 Å². The maximum atomic E-state index is 13.2. The van der Waals surface area contributed by atoms with E-state index in [2.05, 4.69) is 15.2 Å². The smallest absolute Gasteiger partial charge is 0.358 e. The predicted octanol–water partition coefficient (Wildman–Crippen LogP) is 0.500. The molecule has 7 heteroatoms. The predicted molar refractivity (Wildman–Crippen MR) is 46.1 cm³/mol. The molecule has 0 bridgehead atoms. The van der Waals surface area contributed by atoms with Crippen molar-refractivity contribution in [3.63, 3.8) is 0 Å². The minimum Gasteiger partial charge on any atom is -0.476 e. The van der Waals surface area contributed by atoms with Gasteiger partial charge < -0.3 is 5.11 Å². The fourth-order valence-corrected chi connectivity index (χ4v) is 0.988. The van der Waals surface area contributed by atoms with Crippen LogP contribution in [-0.4, -0.2) is 31.1 Å². The molecule has 2 aromatic heterocycles. The molecule has 0 spiro atoms. The Labute approximate surface area is 83.0 Å². The van der Waals surface area contributed by atoms with Gasteiger partial charge in [-0.15, -0.1) is 9.90 Å². The minimum absolute atomic E-state index is 0.134. The summed E-state index contributed by atoms with van der Waals surface area (Å²) in [6, 6.07) is 2.60. The van der Waals surface area contributed by atoms with Crippen molar-refractivity contribution in [2.24, 2.45) is 0 Å². The van der Waals surface area contributed by atoms with Crippen LogP contribution in [0.1, 0.15) is 10.5 Å². The van der Waals surface area contributed by atoms with Crippen LogP contribution in [0.2, 0.25) is 0 Å². The highest BCUT2D eigenvalue weighted by molar-refractivity contribution is 5.84. The molecule has 2 aromatic rings. The van der Waals surface area contributed by atoms with E-state index in [0.29, 0.717) is 0 Å². The number of hydrogen-bond acceptors (Lipinski definition) is 4. The van der Waals surface area contributed by atoms with E-state index in [-0.39, 0.29) is 11.5 Å². The van der Waals surface area contributed by atoms with E-state index < -0.39 is 11.8 Å². The molecule has 6 nitrogen and oxygen atoms in total. The van der Waals surface area contributed by atoms with E-state index in [1.165, 1.54) is 18.3 Å². The van der Waals surface area contributed by atoms with Crippen molar-refractivity contribution in [2.45, 2.75) is 0 Å². The summed E-state index contributed by atoms with van der Waals surface area (Å²) in [4.78, 5) is 15.0. The molecule has 2 heterocycles. The van der Waals surface area contributed by atoms with Crippen molar-refractivity contribution in [2.75, 3.05) is 0 Å². The molecular weight excluding hydrogens is 203 g/mol. The van der Waals surface area contributed by atoms with Crippen molar-refractivity contribution in [1.29, 1.82) is 0 Å². The summed E-state index contributed by atoms with van der Waals surface area (Å²) >= 11 is 0. The molecule has 0 fully saturated rings. The zero-order valence-corrected chi connectivity index (χ0v) is 7.33. The first-order valence-electron chi connectivity index (χ1n) is 3.95. The number of rotatable bonds is 2. The highest BCUT2D eigenvalue weighted by Gasteiger charge is 2.12. The van der Waals surface area contributed by atoms with Gasteiger partial charge in [0.15, 0.2) is 11.5 Å². The summed E-state index contributed by atoms with van der Waals surface area (Å²) in [6.45, 7) is 0. The van der Waals surface area contributed by atoms with Gasteiger partial charge in [-0.1, -0.05) is 0 Å². The van der Waals surface area contributed by atoms with E-state index in [9.17, 15) is 9.18 Å². The third kappa shape index (κ3) is 1.66. The molecule has 76 valence electrons. The number of carboxylic acids is 1. The number of carboxylic acid groups (broad SMARTS) is 1. The number of pyridine rings is 1. The van der Waals surface area contributed by atoms with Crippen LogP contribution < -0.4 is 0 Å². The molecule has 0 saturated heterocycles. The second-order valence-corrected chi connectivity index (χ2v) is 2.63. The number of halogens is 1. The summed E-state index contributed by atoms with van der Waals surface area (Å²) in [6.07, 6.45) is 2.39. The van der Waals surface area contributed by atoms with Crippen LogP contribution in [0.4, 0.5) is 4.39 Å². The maximum Gasteiger partial charge on any atom is 0.358 e. The van der Waals surface area contributed by atoms with Crippen LogP contribution in [0.15, 0.2) is 24.5 Å². The Morgan fingerprint density at radius 2 is 2.33 bits per heavy atom. The third-order valence-corrected chi connectivity index (χ3v) is 1.64. The van der Waals surface area contributed by atoms with Gasteiger partial charge in [-0.25, -0.2) is 14.2 Å². The summed E-state index contributed by atoms with van der Waals surface area (Å²) in [5, 5.41) is 15.7. The Bertz CT molecular complexity index is 511. The lowest BCUT2D eigenvalue weighted by Gasteiger charge is -1.97. The summed E-state index contributed by atoms with van der Waals surface area (Å²) in [7, 11) is 0. The summed E-state index contributed by atoms with van der Waals surface area (Å²) in [5.41, 5.74) is -0.264. The molecule has 0 radical (unpaired) electrons. The Balaban J connectivity index is 2.46. The van der Waals surface area contributed by atoms with Crippen molar-refractivity contribution >= 4 is 5.97 Å². The fraction of sp³-hybridized carbons (Fsp3) is 0. The van der Waals surface area contributed by atoms with Gasteiger partial charge in [0.05, 0.1) is 6.20 Å². The average Bonchev–Trinajstić information content (AvgIpc) is 2.67. The van der Waals surface area contributed by atoms with E-state index in [4.69, 9.17) is 5.11 Å². The minimum atomic E-state index is -1.22. The van der Waals surface area contributed by atoms with Crippen LogP contribution in [-0.2, 0) is 0 Å². The van der Waals surface area contributed by atoms with Crippen molar-refractivity contribution in [3.8, 4) is 5.82 Å². The van der Waals surface area contributed by atoms with Crippen LogP contribution in [0, 0.1) is 5.82 Å². The molecule has 0 saturated carbocycles. The second kappa shape index (κ2) is 3.45. The number of aromatic nitrogens is 4. The maximum absolute atomic E-state index is 13.2. The zero-order valence-electron chi connectivity index (χ0n) is 7.33. The van der Waals surface area contributed by atoms with Gasteiger partial charge in [0.2, 0.25) is 5.82 Å². The summed E-state index contributed by atoms with van der Waals surface area (Å²) < 4.78 is 13.2. The number of carbonyl (C=O) groups is 1. The molecule has 0 aliphatic carbocycles. The molecule has 0 atom stereocenters. The Morgan fingerprint density at radius 3 is 2.93 bits per heavy atom. The van der Waals surface area contributed by atoms with Gasteiger partial charge in [-0.05, 0) is 12.1 Å². The summed E-state index contributed by atoms with van der Waals surface area (Å²) in [5.74, 6) is -1.98. The molecule has 2 rings (SSSR count). The number of aromatic carboxylic acids is 1. The Kier molecular flexibility index (Phi) is 2.13. The monoisotopic (exact) mass is 208 g/mol. The first-order chi connectivity index (χ1) is 7.18. The highest BCUT2D eigenvalue weighted by Crippen LogP contribution is 2.06. The van der Waals surface area contributed by atoms with Gasteiger partial charge in [-0.2, -0.15) is 5.10 Å². The van der Waals surface area contributed by atoms with Crippen molar-refractivity contribution < 1.29 is 14.3 Å². The van der Waals surface area contributed by atoms with Crippen LogP contribution in [0.5, 0.6) is 0 Å². The van der Waals surface area contributed by atoms with E-state index in [1.807, 2.05) is 0 Å². The van der Waals surface area contributed by atoms with Crippen LogP contribution >= 0.6 is 0 Å².